The van der Waals surface area contributed by atoms with Gasteiger partial charge in [0.05, 0.1) is 0 Å². The minimum absolute atomic E-state index is 0.0380. The molecule has 2 aromatic rings. The Hall–Kier alpha value is -2.62. The monoisotopic (exact) mass is 338 g/mol. The molecule has 0 fully saturated rings. The lowest BCUT2D eigenvalue weighted by atomic mass is 10.0. The molecule has 0 spiro atoms. The molecular weight excluding hydrogens is 312 g/mol. The van der Waals surface area contributed by atoms with Crippen LogP contribution in [0, 0.1) is 5.92 Å². The molecule has 0 aliphatic carbocycles. The molecule has 0 saturated carbocycles. The number of hydrogen-bond acceptors (Lipinski definition) is 2. The number of benzene rings is 2. The summed E-state index contributed by atoms with van der Waals surface area (Å²) in [4.78, 5) is 27.4. The Bertz CT molecular complexity index is 684. The minimum atomic E-state index is -0.642. The number of amides is 2. The van der Waals surface area contributed by atoms with E-state index >= 15 is 0 Å². The largest absolute Gasteiger partial charge is 0.354 e. The fourth-order valence-corrected chi connectivity index (χ4v) is 2.79. The first-order valence-corrected chi connectivity index (χ1v) is 8.71. The standard InChI is InChI=1S/C21H26N2O2/c1-4-22-20(24)19(18-13-9-6-10-14-18)23(21(25)16(2)3)15-17-11-7-5-8-12-17/h5-14,16,19H,4,15H2,1-3H3,(H,22,24). The van der Waals surface area contributed by atoms with Crippen molar-refractivity contribution >= 4 is 11.8 Å². The maximum Gasteiger partial charge on any atom is 0.247 e. The van der Waals surface area contributed by atoms with Crippen molar-refractivity contribution in [2.75, 3.05) is 6.54 Å². The highest BCUT2D eigenvalue weighted by molar-refractivity contribution is 5.89. The van der Waals surface area contributed by atoms with E-state index in [1.54, 1.807) is 4.90 Å². The summed E-state index contributed by atoms with van der Waals surface area (Å²) in [5.41, 5.74) is 1.82. The van der Waals surface area contributed by atoms with Crippen molar-refractivity contribution in [3.05, 3.63) is 71.8 Å². The molecule has 1 atom stereocenters. The van der Waals surface area contributed by atoms with Crippen LogP contribution in [0.2, 0.25) is 0 Å². The van der Waals surface area contributed by atoms with Gasteiger partial charge < -0.3 is 10.2 Å². The number of nitrogens with one attached hydrogen (secondary N) is 1. The van der Waals surface area contributed by atoms with Crippen LogP contribution in [0.1, 0.15) is 37.9 Å². The third-order valence-corrected chi connectivity index (χ3v) is 4.00. The van der Waals surface area contributed by atoms with Crippen LogP contribution >= 0.6 is 0 Å². The number of rotatable bonds is 7. The first-order chi connectivity index (χ1) is 12.0. The predicted octanol–water partition coefficient (Wildman–Crippen LogP) is 3.55. The number of nitrogens with zero attached hydrogens (tertiary/aromatic N) is 1. The molecular formula is C21H26N2O2. The molecule has 0 radical (unpaired) electrons. The van der Waals surface area contributed by atoms with Crippen molar-refractivity contribution < 1.29 is 9.59 Å². The SMILES string of the molecule is CCNC(=O)C(c1ccccc1)N(Cc1ccccc1)C(=O)C(C)C. The van der Waals surface area contributed by atoms with Crippen LogP contribution in [0.4, 0.5) is 0 Å². The molecule has 2 rings (SSSR count). The molecule has 4 nitrogen and oxygen atoms in total. The summed E-state index contributed by atoms with van der Waals surface area (Å²) >= 11 is 0. The highest BCUT2D eigenvalue weighted by Crippen LogP contribution is 2.25. The highest BCUT2D eigenvalue weighted by Gasteiger charge is 2.32. The van der Waals surface area contributed by atoms with E-state index < -0.39 is 6.04 Å². The van der Waals surface area contributed by atoms with Crippen LogP contribution < -0.4 is 5.32 Å². The van der Waals surface area contributed by atoms with Gasteiger partial charge in [-0.1, -0.05) is 74.5 Å². The Kier molecular flexibility index (Phi) is 6.75. The zero-order chi connectivity index (χ0) is 18.2. The van der Waals surface area contributed by atoms with Gasteiger partial charge >= 0.3 is 0 Å². The summed E-state index contributed by atoms with van der Waals surface area (Å²) in [6, 6.07) is 18.6. The summed E-state index contributed by atoms with van der Waals surface area (Å²) in [7, 11) is 0. The van der Waals surface area contributed by atoms with E-state index in [9.17, 15) is 9.59 Å². The Morgan fingerprint density at radius 1 is 0.960 bits per heavy atom. The summed E-state index contributed by atoms with van der Waals surface area (Å²) in [6.45, 7) is 6.53. The number of carbonyl (C=O) groups is 2. The smallest absolute Gasteiger partial charge is 0.247 e. The van der Waals surface area contributed by atoms with Crippen molar-refractivity contribution in [3.63, 3.8) is 0 Å². The van der Waals surface area contributed by atoms with Crippen LogP contribution in [-0.2, 0) is 16.1 Å². The quantitative estimate of drug-likeness (QED) is 0.839. The van der Waals surface area contributed by atoms with Gasteiger partial charge in [0.1, 0.15) is 6.04 Å². The molecule has 2 amide bonds. The van der Waals surface area contributed by atoms with Crippen molar-refractivity contribution in [2.45, 2.75) is 33.4 Å². The zero-order valence-corrected chi connectivity index (χ0v) is 15.1. The van der Waals surface area contributed by atoms with Gasteiger partial charge in [0, 0.05) is 19.0 Å². The van der Waals surface area contributed by atoms with Crippen LogP contribution in [0.5, 0.6) is 0 Å². The number of hydrogen-bond donors (Lipinski definition) is 1. The topological polar surface area (TPSA) is 49.4 Å². The predicted molar refractivity (Wildman–Crippen MR) is 99.7 cm³/mol. The molecule has 0 aromatic heterocycles. The Morgan fingerprint density at radius 3 is 2.04 bits per heavy atom. The van der Waals surface area contributed by atoms with Crippen molar-refractivity contribution in [1.29, 1.82) is 0 Å². The first kappa shape index (κ1) is 18.7. The Labute approximate surface area is 149 Å². The molecule has 2 aromatic carbocycles. The molecule has 0 saturated heterocycles. The maximum atomic E-state index is 12.9. The van der Waals surface area contributed by atoms with Gasteiger partial charge in [0.2, 0.25) is 11.8 Å². The molecule has 1 N–H and O–H groups in total. The second-order valence-corrected chi connectivity index (χ2v) is 6.31. The van der Waals surface area contributed by atoms with Gasteiger partial charge in [-0.05, 0) is 18.1 Å². The average Bonchev–Trinajstić information content (AvgIpc) is 2.62. The fraction of sp³-hybridized carbons (Fsp3) is 0.333. The van der Waals surface area contributed by atoms with E-state index in [4.69, 9.17) is 0 Å². The molecule has 25 heavy (non-hydrogen) atoms. The van der Waals surface area contributed by atoms with E-state index in [0.717, 1.165) is 11.1 Å². The second kappa shape index (κ2) is 9.02. The van der Waals surface area contributed by atoms with E-state index in [0.29, 0.717) is 13.1 Å². The van der Waals surface area contributed by atoms with Crippen LogP contribution in [-0.4, -0.2) is 23.3 Å². The lowest BCUT2D eigenvalue weighted by Crippen LogP contribution is -2.44. The average molecular weight is 338 g/mol. The molecule has 1 unspecified atom stereocenters. The van der Waals surface area contributed by atoms with Crippen LogP contribution in [0.3, 0.4) is 0 Å². The van der Waals surface area contributed by atoms with Crippen LogP contribution in [0.25, 0.3) is 0 Å². The summed E-state index contributed by atoms with van der Waals surface area (Å²) in [5.74, 6) is -0.382. The molecule has 0 heterocycles. The molecule has 4 heteroatoms. The normalized spacial score (nSPS) is 11.8. The summed E-state index contributed by atoms with van der Waals surface area (Å²) in [5, 5.41) is 2.87. The van der Waals surface area contributed by atoms with Gasteiger partial charge in [-0.25, -0.2) is 0 Å². The Balaban J connectivity index is 2.44. The van der Waals surface area contributed by atoms with Crippen molar-refractivity contribution in [3.8, 4) is 0 Å². The van der Waals surface area contributed by atoms with E-state index in [-0.39, 0.29) is 17.7 Å². The highest BCUT2D eigenvalue weighted by atomic mass is 16.2. The van der Waals surface area contributed by atoms with E-state index in [1.165, 1.54) is 0 Å². The summed E-state index contributed by atoms with van der Waals surface area (Å²) in [6.07, 6.45) is 0. The van der Waals surface area contributed by atoms with E-state index in [1.807, 2.05) is 81.4 Å². The third-order valence-electron chi connectivity index (χ3n) is 4.00. The maximum absolute atomic E-state index is 12.9. The fourth-order valence-electron chi connectivity index (χ4n) is 2.79. The number of carbonyl (C=O) groups excluding carboxylic acids is 2. The van der Waals surface area contributed by atoms with Gasteiger partial charge in [-0.3, -0.25) is 9.59 Å². The second-order valence-electron chi connectivity index (χ2n) is 6.31. The zero-order valence-electron chi connectivity index (χ0n) is 15.1. The molecule has 0 bridgehead atoms. The van der Waals surface area contributed by atoms with E-state index in [2.05, 4.69) is 5.32 Å². The molecule has 132 valence electrons. The van der Waals surface area contributed by atoms with Crippen molar-refractivity contribution in [1.82, 2.24) is 10.2 Å². The molecule has 0 aliphatic rings. The summed E-state index contributed by atoms with van der Waals surface area (Å²) < 4.78 is 0. The van der Waals surface area contributed by atoms with Gasteiger partial charge in [-0.15, -0.1) is 0 Å². The van der Waals surface area contributed by atoms with Crippen LogP contribution in [0.15, 0.2) is 60.7 Å². The van der Waals surface area contributed by atoms with Gasteiger partial charge in [-0.2, -0.15) is 0 Å². The minimum Gasteiger partial charge on any atom is -0.354 e. The third kappa shape index (κ3) is 4.92. The lowest BCUT2D eigenvalue weighted by molar-refractivity contribution is -0.144. The first-order valence-electron chi connectivity index (χ1n) is 8.71. The van der Waals surface area contributed by atoms with Crippen molar-refractivity contribution in [2.24, 2.45) is 5.92 Å². The Morgan fingerprint density at radius 2 is 1.52 bits per heavy atom. The lowest BCUT2D eigenvalue weighted by Gasteiger charge is -2.32. The van der Waals surface area contributed by atoms with Gasteiger partial charge in [0.25, 0.3) is 0 Å². The number of likely N-dealkylation sites (N-methyl/N-ethyl adjacent to an activating group) is 1. The molecule has 0 aliphatic heterocycles. The van der Waals surface area contributed by atoms with Gasteiger partial charge in [0.15, 0.2) is 0 Å².